The molecule has 2 aliphatic heterocycles. The van der Waals surface area contributed by atoms with Crippen LogP contribution >= 0.6 is 0 Å². The van der Waals surface area contributed by atoms with Crippen LogP contribution in [0.15, 0.2) is 23.3 Å². The van der Waals surface area contributed by atoms with Crippen LogP contribution in [0.5, 0.6) is 0 Å². The minimum absolute atomic E-state index is 0.0455. The van der Waals surface area contributed by atoms with Crippen molar-refractivity contribution in [3.8, 4) is 0 Å². The SMILES string of the molecule is C=C1C(=O)O[C@H]2[C@H]1CCC(C)=C1CCC(=O)O[C@@]12C. The normalized spacial score (nSPS) is 38.3. The van der Waals surface area contributed by atoms with E-state index >= 15 is 0 Å². The van der Waals surface area contributed by atoms with Crippen molar-refractivity contribution in [1.29, 1.82) is 0 Å². The fourth-order valence-electron chi connectivity index (χ4n) is 3.64. The highest BCUT2D eigenvalue weighted by atomic mass is 16.6. The maximum atomic E-state index is 11.8. The Labute approximate surface area is 112 Å². The first-order valence-electron chi connectivity index (χ1n) is 6.74. The minimum atomic E-state index is -0.810. The highest BCUT2D eigenvalue weighted by Gasteiger charge is 2.56. The van der Waals surface area contributed by atoms with E-state index in [0.29, 0.717) is 18.4 Å². The molecular weight excluding hydrogens is 244 g/mol. The third kappa shape index (κ3) is 1.66. The molecule has 1 aliphatic carbocycles. The monoisotopic (exact) mass is 262 g/mol. The van der Waals surface area contributed by atoms with Gasteiger partial charge in [-0.3, -0.25) is 4.79 Å². The van der Waals surface area contributed by atoms with Gasteiger partial charge in [-0.05, 0) is 38.7 Å². The maximum absolute atomic E-state index is 11.8. The van der Waals surface area contributed by atoms with Crippen LogP contribution in [0.3, 0.4) is 0 Å². The predicted octanol–water partition coefficient (Wildman–Crippen LogP) is 2.29. The van der Waals surface area contributed by atoms with Gasteiger partial charge in [0.2, 0.25) is 0 Å². The predicted molar refractivity (Wildman–Crippen MR) is 68.2 cm³/mol. The average Bonchev–Trinajstić information content (AvgIpc) is 2.58. The number of hydrogen-bond donors (Lipinski definition) is 0. The summed E-state index contributed by atoms with van der Waals surface area (Å²) in [5.41, 5.74) is 2.09. The molecule has 0 amide bonds. The van der Waals surface area contributed by atoms with Gasteiger partial charge in [-0.25, -0.2) is 4.79 Å². The van der Waals surface area contributed by atoms with Gasteiger partial charge >= 0.3 is 11.9 Å². The van der Waals surface area contributed by atoms with E-state index in [4.69, 9.17) is 9.47 Å². The van der Waals surface area contributed by atoms with Crippen LogP contribution in [0.4, 0.5) is 0 Å². The molecule has 4 nitrogen and oxygen atoms in total. The summed E-state index contributed by atoms with van der Waals surface area (Å²) in [5.74, 6) is -0.610. The summed E-state index contributed by atoms with van der Waals surface area (Å²) in [6.07, 6.45) is 2.43. The molecule has 0 bridgehead atoms. The van der Waals surface area contributed by atoms with Crippen molar-refractivity contribution in [1.82, 2.24) is 0 Å². The van der Waals surface area contributed by atoms with E-state index in [1.807, 2.05) is 6.92 Å². The number of hydrogen-bond acceptors (Lipinski definition) is 4. The van der Waals surface area contributed by atoms with Gasteiger partial charge in [0, 0.05) is 17.9 Å². The lowest BCUT2D eigenvalue weighted by Gasteiger charge is -2.40. The highest BCUT2D eigenvalue weighted by Crippen LogP contribution is 2.48. The zero-order valence-corrected chi connectivity index (χ0v) is 11.3. The standard InChI is InChI=1S/C15H18O4/c1-8-4-5-10-9(2)14(17)18-13(10)15(3)11(8)6-7-12(16)19-15/h10,13H,2,4-7H2,1,3H3/t10-,13-,15-/m0/s1. The van der Waals surface area contributed by atoms with E-state index < -0.39 is 11.7 Å². The van der Waals surface area contributed by atoms with Crippen molar-refractivity contribution < 1.29 is 19.1 Å². The molecule has 3 atom stereocenters. The zero-order chi connectivity index (χ0) is 13.8. The molecule has 102 valence electrons. The Bertz CT molecular complexity index is 516. The minimum Gasteiger partial charge on any atom is -0.454 e. The lowest BCUT2D eigenvalue weighted by atomic mass is 9.79. The van der Waals surface area contributed by atoms with Gasteiger partial charge in [0.15, 0.2) is 11.7 Å². The number of allylic oxidation sites excluding steroid dienone is 1. The van der Waals surface area contributed by atoms with Crippen LogP contribution in [-0.4, -0.2) is 23.6 Å². The van der Waals surface area contributed by atoms with E-state index in [9.17, 15) is 9.59 Å². The number of ether oxygens (including phenoxy) is 2. The summed E-state index contributed by atoms with van der Waals surface area (Å²) in [4.78, 5) is 23.4. The maximum Gasteiger partial charge on any atom is 0.334 e. The first-order chi connectivity index (χ1) is 8.93. The third-order valence-electron chi connectivity index (χ3n) is 4.70. The summed E-state index contributed by atoms with van der Waals surface area (Å²) in [6.45, 7) is 7.79. The Morgan fingerprint density at radius 3 is 2.74 bits per heavy atom. The molecule has 0 aromatic rings. The Balaban J connectivity index is 2.09. The molecule has 0 spiro atoms. The van der Waals surface area contributed by atoms with E-state index in [0.717, 1.165) is 18.4 Å². The first kappa shape index (κ1) is 12.5. The van der Waals surface area contributed by atoms with Crippen LogP contribution < -0.4 is 0 Å². The smallest absolute Gasteiger partial charge is 0.334 e. The van der Waals surface area contributed by atoms with Crippen molar-refractivity contribution in [3.05, 3.63) is 23.3 Å². The van der Waals surface area contributed by atoms with E-state index in [1.165, 1.54) is 5.57 Å². The summed E-state index contributed by atoms with van der Waals surface area (Å²) < 4.78 is 11.1. The van der Waals surface area contributed by atoms with Crippen molar-refractivity contribution in [2.45, 2.75) is 51.2 Å². The summed E-state index contributed by atoms with van der Waals surface area (Å²) in [6, 6.07) is 0. The Kier molecular flexibility index (Phi) is 2.59. The van der Waals surface area contributed by atoms with E-state index in [1.54, 1.807) is 0 Å². The van der Waals surface area contributed by atoms with Crippen molar-refractivity contribution in [2.75, 3.05) is 0 Å². The number of rotatable bonds is 0. The number of fused-ring (bicyclic) bond motifs is 3. The molecule has 0 aromatic heterocycles. The Morgan fingerprint density at radius 1 is 1.26 bits per heavy atom. The number of esters is 2. The van der Waals surface area contributed by atoms with Crippen LogP contribution in [-0.2, 0) is 19.1 Å². The van der Waals surface area contributed by atoms with Gasteiger partial charge in [0.05, 0.1) is 0 Å². The number of carbonyl (C=O) groups is 2. The fraction of sp³-hybridized carbons (Fsp3) is 0.600. The molecule has 2 fully saturated rings. The summed E-state index contributed by atoms with van der Waals surface area (Å²) in [7, 11) is 0. The molecule has 3 rings (SSSR count). The molecule has 4 heteroatoms. The van der Waals surface area contributed by atoms with Crippen LogP contribution in [0, 0.1) is 5.92 Å². The molecular formula is C15H18O4. The lowest BCUT2D eigenvalue weighted by Crippen LogP contribution is -2.50. The Morgan fingerprint density at radius 2 is 2.00 bits per heavy atom. The lowest BCUT2D eigenvalue weighted by molar-refractivity contribution is -0.177. The van der Waals surface area contributed by atoms with Gasteiger partial charge in [-0.1, -0.05) is 12.2 Å². The van der Waals surface area contributed by atoms with Crippen LogP contribution in [0.25, 0.3) is 0 Å². The third-order valence-corrected chi connectivity index (χ3v) is 4.70. The van der Waals surface area contributed by atoms with Crippen molar-refractivity contribution >= 4 is 11.9 Å². The average molecular weight is 262 g/mol. The first-order valence-corrected chi connectivity index (χ1v) is 6.74. The number of carbonyl (C=O) groups excluding carboxylic acids is 2. The van der Waals surface area contributed by atoms with Gasteiger partial charge in [0.1, 0.15) is 0 Å². The molecule has 0 N–H and O–H groups in total. The second-order valence-corrected chi connectivity index (χ2v) is 5.84. The molecule has 0 saturated carbocycles. The fourth-order valence-corrected chi connectivity index (χ4v) is 3.64. The second-order valence-electron chi connectivity index (χ2n) is 5.84. The largest absolute Gasteiger partial charge is 0.454 e. The quantitative estimate of drug-likeness (QED) is 0.382. The second kappa shape index (κ2) is 3.95. The van der Waals surface area contributed by atoms with Gasteiger partial charge in [-0.15, -0.1) is 0 Å². The van der Waals surface area contributed by atoms with E-state index in [-0.39, 0.29) is 17.9 Å². The van der Waals surface area contributed by atoms with Crippen LogP contribution in [0.1, 0.15) is 39.5 Å². The molecule has 2 heterocycles. The topological polar surface area (TPSA) is 52.6 Å². The molecule has 0 radical (unpaired) electrons. The molecule has 19 heavy (non-hydrogen) atoms. The molecule has 2 saturated heterocycles. The summed E-state index contributed by atoms with van der Waals surface area (Å²) >= 11 is 0. The summed E-state index contributed by atoms with van der Waals surface area (Å²) in [5, 5.41) is 0. The molecule has 3 aliphatic rings. The van der Waals surface area contributed by atoms with E-state index in [2.05, 4.69) is 13.5 Å². The zero-order valence-electron chi connectivity index (χ0n) is 11.3. The van der Waals surface area contributed by atoms with Gasteiger partial charge < -0.3 is 9.47 Å². The molecule has 0 unspecified atom stereocenters. The van der Waals surface area contributed by atoms with Gasteiger partial charge in [0.25, 0.3) is 0 Å². The molecule has 0 aromatic carbocycles. The van der Waals surface area contributed by atoms with Crippen molar-refractivity contribution in [2.24, 2.45) is 5.92 Å². The van der Waals surface area contributed by atoms with Crippen LogP contribution in [0.2, 0.25) is 0 Å². The Hall–Kier alpha value is -1.58. The van der Waals surface area contributed by atoms with Gasteiger partial charge in [-0.2, -0.15) is 0 Å². The highest BCUT2D eigenvalue weighted by molar-refractivity contribution is 5.91. The van der Waals surface area contributed by atoms with Crippen molar-refractivity contribution in [3.63, 3.8) is 0 Å².